The number of rotatable bonds is 4. The average Bonchev–Trinajstić information content (AvgIpc) is 2.80. The van der Waals surface area contributed by atoms with Gasteiger partial charge in [-0.15, -0.1) is 0 Å². The quantitative estimate of drug-likeness (QED) is 0.799. The Hall–Kier alpha value is -1.69. The van der Waals surface area contributed by atoms with E-state index < -0.39 is 0 Å². The van der Waals surface area contributed by atoms with Crippen molar-refractivity contribution >= 4 is 39.3 Å². The molecule has 3 rings (SSSR count). The minimum atomic E-state index is -0.184. The summed E-state index contributed by atoms with van der Waals surface area (Å²) in [6, 6.07) is 5.62. The number of carbonyl (C=O) groups is 3. The van der Waals surface area contributed by atoms with Gasteiger partial charge in [-0.05, 0) is 43.5 Å². The second-order valence-electron chi connectivity index (χ2n) is 6.58. The maximum Gasteiger partial charge on any atom is 0.233 e. The summed E-state index contributed by atoms with van der Waals surface area (Å²) in [5.41, 5.74) is 1.70. The molecule has 2 aliphatic rings. The van der Waals surface area contributed by atoms with Crippen LogP contribution in [0.3, 0.4) is 0 Å². The molecule has 0 radical (unpaired) electrons. The molecule has 1 saturated heterocycles. The average molecular weight is 393 g/mol. The molecule has 1 N–H and O–H groups in total. The number of benzene rings is 1. The molecule has 0 bridgehead atoms. The van der Waals surface area contributed by atoms with Gasteiger partial charge in [0.05, 0.1) is 11.8 Å². The molecule has 2 fully saturated rings. The smallest absolute Gasteiger partial charge is 0.233 e. The zero-order valence-electron chi connectivity index (χ0n) is 13.7. The van der Waals surface area contributed by atoms with Crippen LogP contribution in [0.25, 0.3) is 0 Å². The van der Waals surface area contributed by atoms with Crippen molar-refractivity contribution in [2.24, 2.45) is 11.8 Å². The van der Waals surface area contributed by atoms with Gasteiger partial charge in [-0.1, -0.05) is 28.8 Å². The van der Waals surface area contributed by atoms with E-state index in [1.165, 1.54) is 4.90 Å². The van der Waals surface area contributed by atoms with Crippen molar-refractivity contribution in [1.82, 2.24) is 4.90 Å². The third kappa shape index (κ3) is 3.38. The Labute approximate surface area is 149 Å². The number of fused-ring (bicyclic) bond motifs is 1. The summed E-state index contributed by atoms with van der Waals surface area (Å²) < 4.78 is 0.953. The SMILES string of the molecule is Cc1cc(Br)ccc1NC(=O)CCN1C(=O)[C@H]2CCCC[C@@H]2C1=O. The third-order valence-electron chi connectivity index (χ3n) is 4.96. The Kier molecular flexibility index (Phi) is 5.04. The fourth-order valence-electron chi connectivity index (χ4n) is 3.64. The highest BCUT2D eigenvalue weighted by Gasteiger charge is 2.47. The first kappa shape index (κ1) is 17.1. The highest BCUT2D eigenvalue weighted by Crippen LogP contribution is 2.38. The van der Waals surface area contributed by atoms with Crippen molar-refractivity contribution in [2.45, 2.75) is 39.0 Å². The highest BCUT2D eigenvalue weighted by molar-refractivity contribution is 9.10. The summed E-state index contributed by atoms with van der Waals surface area (Å²) in [5, 5.41) is 2.84. The lowest BCUT2D eigenvalue weighted by molar-refractivity contribution is -0.140. The molecule has 0 unspecified atom stereocenters. The number of amides is 3. The first-order valence-electron chi connectivity index (χ1n) is 8.38. The summed E-state index contributed by atoms with van der Waals surface area (Å²) in [4.78, 5) is 38.2. The van der Waals surface area contributed by atoms with Crippen LogP contribution >= 0.6 is 15.9 Å². The second-order valence-corrected chi connectivity index (χ2v) is 7.50. The zero-order chi connectivity index (χ0) is 17.3. The first-order chi connectivity index (χ1) is 11.5. The standard InChI is InChI=1S/C18H21BrN2O3/c1-11-10-12(19)6-7-15(11)20-16(22)8-9-21-17(23)13-4-2-3-5-14(13)18(21)24/h6-7,10,13-14H,2-5,8-9H2,1H3,(H,20,22)/t13-,14-/m0/s1. The van der Waals surface area contributed by atoms with Crippen LogP contribution in [0.15, 0.2) is 22.7 Å². The lowest BCUT2D eigenvalue weighted by Crippen LogP contribution is -2.34. The fourth-order valence-corrected chi connectivity index (χ4v) is 4.12. The molecule has 24 heavy (non-hydrogen) atoms. The summed E-state index contributed by atoms with van der Waals surface area (Å²) in [6.07, 6.45) is 3.76. The summed E-state index contributed by atoms with van der Waals surface area (Å²) in [6.45, 7) is 2.09. The lowest BCUT2D eigenvalue weighted by atomic mass is 9.81. The number of aryl methyl sites for hydroxylation is 1. The maximum atomic E-state index is 12.4. The minimum absolute atomic E-state index is 0.0858. The molecule has 5 nitrogen and oxygen atoms in total. The molecule has 1 aliphatic carbocycles. The first-order valence-corrected chi connectivity index (χ1v) is 9.18. The van der Waals surface area contributed by atoms with Gasteiger partial charge >= 0.3 is 0 Å². The Bertz CT molecular complexity index is 665. The number of halogens is 1. The van der Waals surface area contributed by atoms with Crippen molar-refractivity contribution in [3.05, 3.63) is 28.2 Å². The van der Waals surface area contributed by atoms with Gasteiger partial charge in [0.25, 0.3) is 0 Å². The predicted molar refractivity (Wildman–Crippen MR) is 94.3 cm³/mol. The van der Waals surface area contributed by atoms with Crippen LogP contribution in [0.4, 0.5) is 5.69 Å². The normalized spacial score (nSPS) is 23.3. The van der Waals surface area contributed by atoms with Crippen molar-refractivity contribution in [3.63, 3.8) is 0 Å². The third-order valence-corrected chi connectivity index (χ3v) is 5.45. The van der Waals surface area contributed by atoms with Gasteiger partial charge in [0, 0.05) is 23.1 Å². The zero-order valence-corrected chi connectivity index (χ0v) is 15.3. The van der Waals surface area contributed by atoms with Crippen LogP contribution in [0.5, 0.6) is 0 Å². The molecular formula is C18H21BrN2O3. The number of hydrogen-bond acceptors (Lipinski definition) is 3. The number of nitrogens with one attached hydrogen (secondary N) is 1. The van der Waals surface area contributed by atoms with E-state index in [0.717, 1.165) is 41.4 Å². The lowest BCUT2D eigenvalue weighted by Gasteiger charge is -2.19. The molecule has 3 amide bonds. The molecule has 6 heteroatoms. The van der Waals surface area contributed by atoms with E-state index in [9.17, 15) is 14.4 Å². The number of hydrogen-bond donors (Lipinski definition) is 1. The number of likely N-dealkylation sites (tertiary alicyclic amines) is 1. The van der Waals surface area contributed by atoms with Gasteiger partial charge < -0.3 is 5.32 Å². The van der Waals surface area contributed by atoms with Gasteiger partial charge in [-0.2, -0.15) is 0 Å². The minimum Gasteiger partial charge on any atom is -0.326 e. The molecule has 1 aliphatic heterocycles. The van der Waals surface area contributed by atoms with E-state index in [2.05, 4.69) is 21.2 Å². The van der Waals surface area contributed by atoms with Gasteiger partial charge in [0.1, 0.15) is 0 Å². The topological polar surface area (TPSA) is 66.5 Å². The van der Waals surface area contributed by atoms with E-state index in [1.807, 2.05) is 25.1 Å². The monoisotopic (exact) mass is 392 g/mol. The van der Waals surface area contributed by atoms with Crippen molar-refractivity contribution in [1.29, 1.82) is 0 Å². The van der Waals surface area contributed by atoms with Crippen LogP contribution in [-0.4, -0.2) is 29.2 Å². The Morgan fingerprint density at radius 2 is 1.83 bits per heavy atom. The molecule has 128 valence electrons. The summed E-state index contributed by atoms with van der Waals surface area (Å²) in [7, 11) is 0. The highest BCUT2D eigenvalue weighted by atomic mass is 79.9. The van der Waals surface area contributed by atoms with E-state index >= 15 is 0 Å². The molecule has 2 atom stereocenters. The number of imide groups is 1. The van der Waals surface area contributed by atoms with E-state index in [1.54, 1.807) is 0 Å². The van der Waals surface area contributed by atoms with E-state index in [0.29, 0.717) is 0 Å². The van der Waals surface area contributed by atoms with Gasteiger partial charge in [-0.25, -0.2) is 0 Å². The fraction of sp³-hybridized carbons (Fsp3) is 0.500. The van der Waals surface area contributed by atoms with Gasteiger partial charge in [0.15, 0.2) is 0 Å². The molecule has 0 spiro atoms. The van der Waals surface area contributed by atoms with Gasteiger partial charge in [-0.3, -0.25) is 19.3 Å². The predicted octanol–water partition coefficient (Wildman–Crippen LogP) is 3.26. The summed E-state index contributed by atoms with van der Waals surface area (Å²) >= 11 is 3.39. The van der Waals surface area contributed by atoms with Gasteiger partial charge in [0.2, 0.25) is 17.7 Å². The number of anilines is 1. The van der Waals surface area contributed by atoms with Crippen LogP contribution in [0.1, 0.15) is 37.7 Å². The van der Waals surface area contributed by atoms with Crippen molar-refractivity contribution < 1.29 is 14.4 Å². The molecular weight excluding hydrogens is 372 g/mol. The Morgan fingerprint density at radius 3 is 2.42 bits per heavy atom. The van der Waals surface area contributed by atoms with Crippen LogP contribution in [0.2, 0.25) is 0 Å². The van der Waals surface area contributed by atoms with E-state index in [-0.39, 0.29) is 42.5 Å². The molecule has 1 saturated carbocycles. The van der Waals surface area contributed by atoms with Crippen LogP contribution < -0.4 is 5.32 Å². The number of nitrogens with zero attached hydrogens (tertiary/aromatic N) is 1. The van der Waals surface area contributed by atoms with Crippen molar-refractivity contribution in [3.8, 4) is 0 Å². The summed E-state index contributed by atoms with van der Waals surface area (Å²) in [5.74, 6) is -0.656. The molecule has 1 heterocycles. The Balaban J connectivity index is 1.58. The molecule has 1 aromatic rings. The molecule has 1 aromatic carbocycles. The second kappa shape index (κ2) is 7.05. The largest absolute Gasteiger partial charge is 0.326 e. The number of carbonyl (C=O) groups excluding carboxylic acids is 3. The van der Waals surface area contributed by atoms with Crippen LogP contribution in [-0.2, 0) is 14.4 Å². The Morgan fingerprint density at radius 1 is 1.21 bits per heavy atom. The molecule has 0 aromatic heterocycles. The maximum absolute atomic E-state index is 12.4. The van der Waals surface area contributed by atoms with Crippen LogP contribution in [0, 0.1) is 18.8 Å². The van der Waals surface area contributed by atoms with E-state index in [4.69, 9.17) is 0 Å². The van der Waals surface area contributed by atoms with Crippen molar-refractivity contribution in [2.75, 3.05) is 11.9 Å².